The first-order valence-corrected chi connectivity index (χ1v) is 9.10. The molecule has 0 aromatic heterocycles. The summed E-state index contributed by atoms with van der Waals surface area (Å²) in [6.07, 6.45) is -2.90. The number of unbranched alkanes of at least 4 members (excludes halogenated alkanes) is 2. The summed E-state index contributed by atoms with van der Waals surface area (Å²) >= 11 is 0. The highest BCUT2D eigenvalue weighted by Gasteiger charge is 2.41. The Kier molecular flexibility index (Phi) is 11.1. The van der Waals surface area contributed by atoms with E-state index < -0.39 is 72.6 Å². The van der Waals surface area contributed by atoms with E-state index in [4.69, 9.17) is 20.4 Å². The molecule has 0 aromatic rings. The van der Waals surface area contributed by atoms with E-state index in [-0.39, 0.29) is 13.1 Å². The minimum absolute atomic E-state index is 0.0902. The summed E-state index contributed by atoms with van der Waals surface area (Å²) in [5.74, 6) is -8.54. The van der Waals surface area contributed by atoms with Gasteiger partial charge in [-0.05, 0) is 19.3 Å². The predicted octanol–water partition coefficient (Wildman–Crippen LogP) is -2.25. The van der Waals surface area contributed by atoms with Gasteiger partial charge in [0.1, 0.15) is 0 Å². The Hall–Kier alpha value is -3.26. The number of aliphatic carboxylic acids is 4. The van der Waals surface area contributed by atoms with Crippen LogP contribution in [0.15, 0.2) is 0 Å². The zero-order chi connectivity index (χ0) is 24.2. The SMILES string of the molecule is O=C(O)C[C@](O)(CC(=O)NCCCCCNC(=O)C[C@@](O)(CC(=O)O)C(=O)O)C(=O)O. The van der Waals surface area contributed by atoms with Crippen LogP contribution in [0.1, 0.15) is 44.9 Å². The van der Waals surface area contributed by atoms with Crippen LogP contribution in [0.3, 0.4) is 0 Å². The highest BCUT2D eigenvalue weighted by Crippen LogP contribution is 2.17. The first kappa shape index (κ1) is 27.7. The zero-order valence-corrected chi connectivity index (χ0v) is 16.5. The fraction of sp³-hybridized carbons (Fsp3) is 0.647. The fourth-order valence-electron chi connectivity index (χ4n) is 2.47. The lowest BCUT2D eigenvalue weighted by Gasteiger charge is -2.20. The van der Waals surface area contributed by atoms with Crippen LogP contribution in [0.25, 0.3) is 0 Å². The molecule has 0 aromatic carbocycles. The van der Waals surface area contributed by atoms with Crippen LogP contribution in [0, 0.1) is 0 Å². The monoisotopic (exact) mass is 450 g/mol. The third-order valence-electron chi connectivity index (χ3n) is 4.09. The van der Waals surface area contributed by atoms with Crippen molar-refractivity contribution >= 4 is 35.7 Å². The number of carboxylic acids is 4. The number of carbonyl (C=O) groups excluding carboxylic acids is 2. The van der Waals surface area contributed by atoms with Crippen molar-refractivity contribution in [1.29, 1.82) is 0 Å². The van der Waals surface area contributed by atoms with Gasteiger partial charge in [0, 0.05) is 13.1 Å². The van der Waals surface area contributed by atoms with Gasteiger partial charge < -0.3 is 41.3 Å². The molecule has 2 amide bonds. The van der Waals surface area contributed by atoms with E-state index in [1.165, 1.54) is 0 Å². The maximum Gasteiger partial charge on any atom is 0.336 e. The molecule has 0 radical (unpaired) electrons. The molecule has 0 aliphatic heterocycles. The average Bonchev–Trinajstić information content (AvgIpc) is 2.58. The van der Waals surface area contributed by atoms with E-state index in [2.05, 4.69) is 10.6 Å². The van der Waals surface area contributed by atoms with Gasteiger partial charge in [0.25, 0.3) is 0 Å². The summed E-state index contributed by atoms with van der Waals surface area (Å²) in [6.45, 7) is 0.180. The number of rotatable bonds is 16. The maximum absolute atomic E-state index is 11.7. The van der Waals surface area contributed by atoms with Crippen LogP contribution in [0.5, 0.6) is 0 Å². The number of aliphatic hydroxyl groups is 2. The minimum Gasteiger partial charge on any atom is -0.481 e. The lowest BCUT2D eigenvalue weighted by atomic mass is 9.95. The minimum atomic E-state index is -2.72. The second-order valence-corrected chi connectivity index (χ2v) is 6.93. The lowest BCUT2D eigenvalue weighted by molar-refractivity contribution is -0.167. The molecule has 0 bridgehead atoms. The smallest absolute Gasteiger partial charge is 0.336 e. The molecular weight excluding hydrogens is 424 g/mol. The largest absolute Gasteiger partial charge is 0.481 e. The van der Waals surface area contributed by atoms with Crippen LogP contribution in [-0.4, -0.2) is 90.6 Å². The fourth-order valence-corrected chi connectivity index (χ4v) is 2.47. The summed E-state index contributed by atoms with van der Waals surface area (Å²) in [7, 11) is 0. The van der Waals surface area contributed by atoms with Gasteiger partial charge in [-0.25, -0.2) is 9.59 Å². The quantitative estimate of drug-likeness (QED) is 0.116. The van der Waals surface area contributed by atoms with E-state index in [1.54, 1.807) is 0 Å². The van der Waals surface area contributed by atoms with Crippen LogP contribution in [0.2, 0.25) is 0 Å². The van der Waals surface area contributed by atoms with Gasteiger partial charge in [0.05, 0.1) is 25.7 Å². The molecular formula is C17H26N2O12. The van der Waals surface area contributed by atoms with E-state index >= 15 is 0 Å². The molecule has 0 saturated heterocycles. The normalized spacial score (nSPS) is 14.5. The molecule has 0 rings (SSSR count). The third kappa shape index (κ3) is 10.9. The summed E-state index contributed by atoms with van der Waals surface area (Å²) in [6, 6.07) is 0. The molecule has 176 valence electrons. The van der Waals surface area contributed by atoms with Crippen molar-refractivity contribution in [1.82, 2.24) is 10.6 Å². The Labute approximate surface area is 175 Å². The van der Waals surface area contributed by atoms with Crippen LogP contribution in [0.4, 0.5) is 0 Å². The van der Waals surface area contributed by atoms with Gasteiger partial charge in [0.2, 0.25) is 11.8 Å². The molecule has 0 heterocycles. The molecule has 0 spiro atoms. The molecule has 0 fully saturated rings. The molecule has 0 aliphatic carbocycles. The van der Waals surface area contributed by atoms with Crippen LogP contribution in [-0.2, 0) is 28.8 Å². The van der Waals surface area contributed by atoms with Crippen molar-refractivity contribution < 1.29 is 59.4 Å². The number of nitrogens with one attached hydrogen (secondary N) is 2. The van der Waals surface area contributed by atoms with Crippen molar-refractivity contribution in [2.45, 2.75) is 56.1 Å². The van der Waals surface area contributed by atoms with Crippen molar-refractivity contribution in [3.63, 3.8) is 0 Å². The number of hydrogen-bond donors (Lipinski definition) is 8. The number of carboxylic acid groups (broad SMARTS) is 4. The standard InChI is InChI=1S/C17H26N2O12/c20-10(6-16(30,14(26)27)8-12(22)23)18-4-2-1-3-5-19-11(21)7-17(31,15(28)29)9-13(24)25/h30-31H,1-9H2,(H,18,20)(H,19,21)(H,22,23)(H,24,25)(H,26,27)(H,28,29)/t16-,17-/m1/s1. The summed E-state index contributed by atoms with van der Waals surface area (Å²) < 4.78 is 0. The molecule has 14 heteroatoms. The lowest BCUT2D eigenvalue weighted by Crippen LogP contribution is -2.45. The first-order chi connectivity index (χ1) is 14.2. The molecule has 0 aliphatic rings. The number of amides is 2. The Bertz CT molecular complexity index is 651. The zero-order valence-electron chi connectivity index (χ0n) is 16.5. The van der Waals surface area contributed by atoms with Gasteiger partial charge in [-0.15, -0.1) is 0 Å². The molecule has 31 heavy (non-hydrogen) atoms. The van der Waals surface area contributed by atoms with Crippen molar-refractivity contribution in [3.05, 3.63) is 0 Å². The summed E-state index contributed by atoms with van der Waals surface area (Å²) in [5, 5.41) is 59.2. The molecule has 0 saturated carbocycles. The van der Waals surface area contributed by atoms with Crippen LogP contribution < -0.4 is 10.6 Å². The van der Waals surface area contributed by atoms with E-state index in [0.29, 0.717) is 19.3 Å². The second-order valence-electron chi connectivity index (χ2n) is 6.93. The second kappa shape index (κ2) is 12.4. The van der Waals surface area contributed by atoms with Crippen molar-refractivity contribution in [2.24, 2.45) is 0 Å². The van der Waals surface area contributed by atoms with Crippen LogP contribution >= 0.6 is 0 Å². The predicted molar refractivity (Wildman–Crippen MR) is 98.8 cm³/mol. The maximum atomic E-state index is 11.7. The Balaban J connectivity index is 4.18. The van der Waals surface area contributed by atoms with Gasteiger partial charge in [-0.2, -0.15) is 0 Å². The molecule has 8 N–H and O–H groups in total. The molecule has 2 atom stereocenters. The van der Waals surface area contributed by atoms with Gasteiger partial charge >= 0.3 is 23.9 Å². The highest BCUT2D eigenvalue weighted by molar-refractivity contribution is 5.90. The summed E-state index contributed by atoms with van der Waals surface area (Å²) in [4.78, 5) is 66.5. The van der Waals surface area contributed by atoms with Gasteiger partial charge in [-0.1, -0.05) is 0 Å². The first-order valence-electron chi connectivity index (χ1n) is 9.10. The third-order valence-corrected chi connectivity index (χ3v) is 4.09. The van der Waals surface area contributed by atoms with E-state index in [0.717, 1.165) is 0 Å². The molecule has 0 unspecified atom stereocenters. The van der Waals surface area contributed by atoms with E-state index in [9.17, 15) is 39.0 Å². The number of hydrogen-bond acceptors (Lipinski definition) is 8. The summed E-state index contributed by atoms with van der Waals surface area (Å²) in [5.41, 5.74) is -5.45. The van der Waals surface area contributed by atoms with Crippen molar-refractivity contribution in [2.75, 3.05) is 13.1 Å². The Morgan fingerprint density at radius 2 is 0.871 bits per heavy atom. The van der Waals surface area contributed by atoms with Gasteiger partial charge in [-0.3, -0.25) is 19.2 Å². The van der Waals surface area contributed by atoms with Gasteiger partial charge in [0.15, 0.2) is 11.2 Å². The molecule has 14 nitrogen and oxygen atoms in total. The number of carbonyl (C=O) groups is 6. The van der Waals surface area contributed by atoms with E-state index in [1.807, 2.05) is 0 Å². The average molecular weight is 450 g/mol. The highest BCUT2D eigenvalue weighted by atomic mass is 16.4. The Morgan fingerprint density at radius 3 is 1.13 bits per heavy atom. The Morgan fingerprint density at radius 1 is 0.548 bits per heavy atom. The van der Waals surface area contributed by atoms with Crippen molar-refractivity contribution in [3.8, 4) is 0 Å². The topological polar surface area (TPSA) is 248 Å².